The quantitative estimate of drug-likeness (QED) is 0.776. The van der Waals surface area contributed by atoms with Gasteiger partial charge in [0.05, 0.1) is 0 Å². The Morgan fingerprint density at radius 1 is 1.22 bits per heavy atom. The Bertz CT molecular complexity index is 625. The number of piperazine rings is 1. The number of hydrogen-bond acceptors (Lipinski definition) is 5. The van der Waals surface area contributed by atoms with E-state index in [0.717, 1.165) is 42.0 Å². The molecule has 0 atom stereocenters. The van der Waals surface area contributed by atoms with Gasteiger partial charge in [0.15, 0.2) is 5.13 Å². The van der Waals surface area contributed by atoms with Crippen LogP contribution >= 0.6 is 23.1 Å². The van der Waals surface area contributed by atoms with Crippen molar-refractivity contribution in [1.82, 2.24) is 9.88 Å². The van der Waals surface area contributed by atoms with Gasteiger partial charge in [-0.15, -0.1) is 23.1 Å². The van der Waals surface area contributed by atoms with Gasteiger partial charge in [-0.2, -0.15) is 0 Å². The number of anilines is 1. The van der Waals surface area contributed by atoms with Crippen LogP contribution in [0.3, 0.4) is 0 Å². The number of thiazole rings is 1. The molecule has 1 aromatic carbocycles. The summed E-state index contributed by atoms with van der Waals surface area (Å²) in [5.74, 6) is 0.680. The molecule has 1 aliphatic heterocycles. The Hall–Kier alpha value is -1.60. The van der Waals surface area contributed by atoms with E-state index >= 15 is 0 Å². The fourth-order valence-electron chi connectivity index (χ4n) is 2.46. The highest BCUT2D eigenvalue weighted by atomic mass is 32.2. The van der Waals surface area contributed by atoms with E-state index in [1.807, 2.05) is 16.5 Å². The van der Waals surface area contributed by atoms with Crippen LogP contribution in [-0.2, 0) is 4.79 Å². The lowest BCUT2D eigenvalue weighted by molar-refractivity contribution is -0.131. The van der Waals surface area contributed by atoms with Gasteiger partial charge in [0.2, 0.25) is 5.91 Å². The van der Waals surface area contributed by atoms with Gasteiger partial charge in [-0.05, 0) is 24.3 Å². The molecule has 3 rings (SSSR count). The van der Waals surface area contributed by atoms with Crippen LogP contribution in [0.25, 0.3) is 0 Å². The minimum absolute atomic E-state index is 0.193. The summed E-state index contributed by atoms with van der Waals surface area (Å²) >= 11 is 3.22. The summed E-state index contributed by atoms with van der Waals surface area (Å²) in [6.45, 7) is 3.17. The summed E-state index contributed by atoms with van der Waals surface area (Å²) < 4.78 is 12.8. The van der Waals surface area contributed by atoms with Gasteiger partial charge in [-0.1, -0.05) is 0 Å². The minimum Gasteiger partial charge on any atom is -0.345 e. The average Bonchev–Trinajstić information content (AvgIpc) is 3.11. The number of hydrogen-bond donors (Lipinski definition) is 0. The van der Waals surface area contributed by atoms with E-state index in [4.69, 9.17) is 0 Å². The number of benzene rings is 1. The normalized spacial score (nSPS) is 15.0. The van der Waals surface area contributed by atoms with Gasteiger partial charge >= 0.3 is 0 Å². The molecule has 1 amide bonds. The summed E-state index contributed by atoms with van der Waals surface area (Å²) in [4.78, 5) is 21.7. The van der Waals surface area contributed by atoms with Crippen molar-refractivity contribution in [3.63, 3.8) is 0 Å². The monoisotopic (exact) mass is 351 g/mol. The third-order valence-corrected chi connectivity index (χ3v) is 5.57. The fraction of sp³-hybridized carbons (Fsp3) is 0.375. The molecule has 0 unspecified atom stereocenters. The molecule has 23 heavy (non-hydrogen) atoms. The highest BCUT2D eigenvalue weighted by Gasteiger charge is 2.21. The number of aromatic nitrogens is 1. The smallest absolute Gasteiger partial charge is 0.223 e. The molecule has 0 N–H and O–H groups in total. The number of thioether (sulfide) groups is 1. The van der Waals surface area contributed by atoms with E-state index in [1.165, 1.54) is 12.1 Å². The van der Waals surface area contributed by atoms with E-state index in [2.05, 4.69) is 9.88 Å². The first-order valence-electron chi connectivity index (χ1n) is 7.53. The second kappa shape index (κ2) is 7.79. The predicted molar refractivity (Wildman–Crippen MR) is 92.6 cm³/mol. The second-order valence-corrected chi connectivity index (χ2v) is 7.28. The van der Waals surface area contributed by atoms with Crippen molar-refractivity contribution < 1.29 is 9.18 Å². The zero-order valence-corrected chi connectivity index (χ0v) is 14.3. The van der Waals surface area contributed by atoms with Gasteiger partial charge in [0, 0.05) is 54.8 Å². The molecule has 1 saturated heterocycles. The maximum atomic E-state index is 12.8. The van der Waals surface area contributed by atoms with Crippen LogP contribution in [0.4, 0.5) is 9.52 Å². The zero-order valence-electron chi connectivity index (χ0n) is 12.7. The van der Waals surface area contributed by atoms with Crippen molar-refractivity contribution >= 4 is 34.1 Å². The number of halogens is 1. The lowest BCUT2D eigenvalue weighted by Gasteiger charge is -2.34. The first-order valence-corrected chi connectivity index (χ1v) is 9.39. The molecular formula is C16H18FN3OS2. The summed E-state index contributed by atoms with van der Waals surface area (Å²) in [5, 5.41) is 3.00. The standard InChI is InChI=1S/C16H18FN3OS2/c17-13-1-3-14(4-2-13)22-11-5-15(21)19-7-9-20(10-8-19)16-18-6-12-23-16/h1-4,6,12H,5,7-11H2. The molecule has 0 radical (unpaired) electrons. The lowest BCUT2D eigenvalue weighted by Crippen LogP contribution is -2.48. The Balaban J connectivity index is 1.40. The third-order valence-electron chi connectivity index (χ3n) is 3.72. The maximum absolute atomic E-state index is 12.8. The Kier molecular flexibility index (Phi) is 5.51. The van der Waals surface area contributed by atoms with Crippen LogP contribution in [-0.4, -0.2) is 47.7 Å². The van der Waals surface area contributed by atoms with Gasteiger partial charge in [-0.25, -0.2) is 9.37 Å². The molecule has 2 aromatic rings. The van der Waals surface area contributed by atoms with Crippen molar-refractivity contribution in [2.45, 2.75) is 11.3 Å². The van der Waals surface area contributed by atoms with Crippen LogP contribution in [0.2, 0.25) is 0 Å². The number of carbonyl (C=O) groups excluding carboxylic acids is 1. The van der Waals surface area contributed by atoms with Crippen molar-refractivity contribution in [1.29, 1.82) is 0 Å². The molecule has 0 spiro atoms. The molecule has 4 nitrogen and oxygen atoms in total. The molecule has 1 fully saturated rings. The first kappa shape index (κ1) is 16.3. The molecular weight excluding hydrogens is 333 g/mol. The third kappa shape index (κ3) is 4.45. The molecule has 122 valence electrons. The molecule has 0 saturated carbocycles. The topological polar surface area (TPSA) is 36.4 Å². The number of carbonyl (C=O) groups is 1. The Labute approximate surface area is 143 Å². The van der Waals surface area contributed by atoms with E-state index in [9.17, 15) is 9.18 Å². The van der Waals surface area contributed by atoms with Gasteiger partial charge < -0.3 is 9.80 Å². The fourth-order valence-corrected chi connectivity index (χ4v) is 4.00. The molecule has 7 heteroatoms. The summed E-state index contributed by atoms with van der Waals surface area (Å²) in [5.41, 5.74) is 0. The highest BCUT2D eigenvalue weighted by molar-refractivity contribution is 7.99. The Morgan fingerprint density at radius 3 is 2.61 bits per heavy atom. The lowest BCUT2D eigenvalue weighted by atomic mass is 10.3. The Morgan fingerprint density at radius 2 is 1.96 bits per heavy atom. The van der Waals surface area contributed by atoms with Gasteiger partial charge in [0.25, 0.3) is 0 Å². The molecule has 1 aliphatic rings. The highest BCUT2D eigenvalue weighted by Crippen LogP contribution is 2.21. The molecule has 0 bridgehead atoms. The molecule has 2 heterocycles. The first-order chi connectivity index (χ1) is 11.2. The van der Waals surface area contributed by atoms with Crippen molar-refractivity contribution in [3.8, 4) is 0 Å². The van der Waals surface area contributed by atoms with Gasteiger partial charge in [-0.3, -0.25) is 4.79 Å². The minimum atomic E-state index is -0.233. The summed E-state index contributed by atoms with van der Waals surface area (Å²) in [6.07, 6.45) is 2.32. The maximum Gasteiger partial charge on any atom is 0.223 e. The van der Waals surface area contributed by atoms with Crippen molar-refractivity contribution in [3.05, 3.63) is 41.7 Å². The molecule has 1 aromatic heterocycles. The SMILES string of the molecule is O=C(CCSc1ccc(F)cc1)N1CCN(c2nccs2)CC1. The van der Waals surface area contributed by atoms with E-state index in [1.54, 1.807) is 35.2 Å². The van der Waals surface area contributed by atoms with Crippen LogP contribution in [0, 0.1) is 5.82 Å². The second-order valence-electron chi connectivity index (χ2n) is 5.23. The number of rotatable bonds is 5. The van der Waals surface area contributed by atoms with E-state index in [-0.39, 0.29) is 11.7 Å². The zero-order chi connectivity index (χ0) is 16.1. The van der Waals surface area contributed by atoms with Crippen molar-refractivity contribution in [2.24, 2.45) is 0 Å². The van der Waals surface area contributed by atoms with E-state index in [0.29, 0.717) is 6.42 Å². The number of amides is 1. The summed E-state index contributed by atoms with van der Waals surface area (Å²) in [7, 11) is 0. The average molecular weight is 351 g/mol. The van der Waals surface area contributed by atoms with Crippen LogP contribution in [0.15, 0.2) is 40.7 Å². The van der Waals surface area contributed by atoms with Crippen LogP contribution in [0.1, 0.15) is 6.42 Å². The van der Waals surface area contributed by atoms with Crippen LogP contribution in [0.5, 0.6) is 0 Å². The largest absolute Gasteiger partial charge is 0.345 e. The van der Waals surface area contributed by atoms with Crippen molar-refractivity contribution in [2.75, 3.05) is 36.8 Å². The van der Waals surface area contributed by atoms with Gasteiger partial charge in [0.1, 0.15) is 5.82 Å². The predicted octanol–water partition coefficient (Wildman–Crippen LogP) is 3.11. The van der Waals surface area contributed by atoms with Crippen LogP contribution < -0.4 is 4.90 Å². The van der Waals surface area contributed by atoms with E-state index < -0.39 is 0 Å². The summed E-state index contributed by atoms with van der Waals surface area (Å²) in [6, 6.07) is 6.39. The molecule has 0 aliphatic carbocycles. The number of nitrogens with zero attached hydrogens (tertiary/aromatic N) is 3.